The van der Waals surface area contributed by atoms with Crippen LogP contribution in [0.2, 0.25) is 0 Å². The molecule has 0 aromatic heterocycles. The first-order chi connectivity index (χ1) is 11.1. The van der Waals surface area contributed by atoms with E-state index in [0.717, 1.165) is 5.56 Å². The molecule has 2 aromatic carbocycles. The van der Waals surface area contributed by atoms with Crippen LogP contribution in [0, 0.1) is 5.82 Å². The molecule has 1 heterocycles. The summed E-state index contributed by atoms with van der Waals surface area (Å²) >= 11 is 0. The minimum Gasteiger partial charge on any atom is -0.399 e. The van der Waals surface area contributed by atoms with Crippen molar-refractivity contribution in [2.75, 3.05) is 36.8 Å². The molecule has 0 aliphatic carbocycles. The summed E-state index contributed by atoms with van der Waals surface area (Å²) in [7, 11) is 0. The second-order valence-corrected chi connectivity index (χ2v) is 5.74. The molecule has 0 bridgehead atoms. The molecule has 0 unspecified atom stereocenters. The van der Waals surface area contributed by atoms with Crippen molar-refractivity contribution in [3.8, 4) is 0 Å². The van der Waals surface area contributed by atoms with Gasteiger partial charge in [0, 0.05) is 31.9 Å². The van der Waals surface area contributed by atoms with Gasteiger partial charge < -0.3 is 15.5 Å². The third-order valence-corrected chi connectivity index (χ3v) is 4.13. The van der Waals surface area contributed by atoms with Crippen LogP contribution in [0.25, 0.3) is 0 Å². The van der Waals surface area contributed by atoms with Gasteiger partial charge in [-0.2, -0.15) is 0 Å². The number of nitrogens with two attached hydrogens (primary N) is 1. The third-order valence-electron chi connectivity index (χ3n) is 4.13. The number of benzene rings is 2. The van der Waals surface area contributed by atoms with Crippen LogP contribution < -0.4 is 10.6 Å². The maximum absolute atomic E-state index is 13.8. The molecule has 2 aromatic rings. The van der Waals surface area contributed by atoms with Gasteiger partial charge >= 0.3 is 0 Å². The normalized spacial score (nSPS) is 14.8. The third kappa shape index (κ3) is 3.62. The Morgan fingerprint density at radius 3 is 2.48 bits per heavy atom. The molecule has 1 amide bonds. The number of rotatable bonds is 3. The quantitative estimate of drug-likeness (QED) is 0.885. The summed E-state index contributed by atoms with van der Waals surface area (Å²) in [5.74, 6) is -0.129. The second kappa shape index (κ2) is 6.69. The Morgan fingerprint density at radius 2 is 1.78 bits per heavy atom. The van der Waals surface area contributed by atoms with E-state index in [9.17, 15) is 9.18 Å². The van der Waals surface area contributed by atoms with Gasteiger partial charge in [-0.05, 0) is 29.8 Å². The molecule has 5 heteroatoms. The number of piperazine rings is 1. The standard InChI is InChI=1S/C18H20FN3O/c19-16-6-1-2-7-17(16)21-8-10-22(11-9-21)18(23)13-14-4-3-5-15(20)12-14/h1-7,12H,8-11,13,20H2. The molecule has 23 heavy (non-hydrogen) atoms. The fourth-order valence-corrected chi connectivity index (χ4v) is 2.89. The van der Waals surface area contributed by atoms with E-state index in [4.69, 9.17) is 5.73 Å². The Kier molecular flexibility index (Phi) is 4.46. The van der Waals surface area contributed by atoms with E-state index < -0.39 is 0 Å². The number of nitrogens with zero attached hydrogens (tertiary/aromatic N) is 2. The Balaban J connectivity index is 1.58. The molecule has 3 rings (SSSR count). The average molecular weight is 313 g/mol. The maximum Gasteiger partial charge on any atom is 0.227 e. The van der Waals surface area contributed by atoms with Crippen molar-refractivity contribution in [2.45, 2.75) is 6.42 Å². The monoisotopic (exact) mass is 313 g/mol. The number of nitrogen functional groups attached to an aromatic ring is 1. The Hall–Kier alpha value is -2.56. The Labute approximate surface area is 135 Å². The molecule has 1 fully saturated rings. The van der Waals surface area contributed by atoms with Gasteiger partial charge in [-0.15, -0.1) is 0 Å². The number of hydrogen-bond donors (Lipinski definition) is 1. The van der Waals surface area contributed by atoms with Gasteiger partial charge in [0.05, 0.1) is 12.1 Å². The summed E-state index contributed by atoms with van der Waals surface area (Å²) in [6.07, 6.45) is 0.352. The van der Waals surface area contributed by atoms with E-state index in [2.05, 4.69) is 0 Å². The van der Waals surface area contributed by atoms with Crippen molar-refractivity contribution >= 4 is 17.3 Å². The van der Waals surface area contributed by atoms with Gasteiger partial charge in [-0.1, -0.05) is 24.3 Å². The van der Waals surface area contributed by atoms with Crippen LogP contribution in [-0.4, -0.2) is 37.0 Å². The predicted octanol–water partition coefficient (Wildman–Crippen LogP) is 2.30. The molecule has 0 radical (unpaired) electrons. The summed E-state index contributed by atoms with van der Waals surface area (Å²) in [5.41, 5.74) is 7.94. The van der Waals surface area contributed by atoms with Gasteiger partial charge in [-0.3, -0.25) is 4.79 Å². The van der Waals surface area contributed by atoms with Gasteiger partial charge in [0.1, 0.15) is 5.82 Å². The van der Waals surface area contributed by atoms with Crippen molar-refractivity contribution in [1.82, 2.24) is 4.90 Å². The minimum atomic E-state index is -0.216. The zero-order valence-corrected chi connectivity index (χ0v) is 12.9. The van der Waals surface area contributed by atoms with Crippen molar-refractivity contribution in [2.24, 2.45) is 0 Å². The van der Waals surface area contributed by atoms with E-state index in [1.54, 1.807) is 18.2 Å². The average Bonchev–Trinajstić information content (AvgIpc) is 2.55. The van der Waals surface area contributed by atoms with Crippen molar-refractivity contribution in [3.05, 3.63) is 59.9 Å². The lowest BCUT2D eigenvalue weighted by atomic mass is 10.1. The molecule has 1 aliphatic rings. The highest BCUT2D eigenvalue weighted by Gasteiger charge is 2.22. The SMILES string of the molecule is Nc1cccc(CC(=O)N2CCN(c3ccccc3F)CC2)c1. The van der Waals surface area contributed by atoms with E-state index in [0.29, 0.717) is 44.0 Å². The molecule has 0 spiro atoms. The van der Waals surface area contributed by atoms with Gasteiger partial charge in [-0.25, -0.2) is 4.39 Å². The predicted molar refractivity (Wildman–Crippen MR) is 89.8 cm³/mol. The fourth-order valence-electron chi connectivity index (χ4n) is 2.89. The minimum absolute atomic E-state index is 0.0868. The smallest absolute Gasteiger partial charge is 0.227 e. The van der Waals surface area contributed by atoms with Crippen LogP contribution in [-0.2, 0) is 11.2 Å². The lowest BCUT2D eigenvalue weighted by molar-refractivity contribution is -0.130. The molecular formula is C18H20FN3O. The second-order valence-electron chi connectivity index (χ2n) is 5.74. The van der Waals surface area contributed by atoms with Gasteiger partial charge in [0.15, 0.2) is 0 Å². The summed E-state index contributed by atoms with van der Waals surface area (Å²) < 4.78 is 13.8. The van der Waals surface area contributed by atoms with Gasteiger partial charge in [0.25, 0.3) is 0 Å². The molecule has 0 atom stereocenters. The van der Waals surface area contributed by atoms with Crippen LogP contribution in [0.4, 0.5) is 15.8 Å². The van der Waals surface area contributed by atoms with Crippen LogP contribution in [0.1, 0.15) is 5.56 Å². The molecule has 4 nitrogen and oxygen atoms in total. The van der Waals surface area contributed by atoms with E-state index >= 15 is 0 Å². The zero-order chi connectivity index (χ0) is 16.2. The molecular weight excluding hydrogens is 293 g/mol. The number of halogens is 1. The van der Waals surface area contributed by atoms with E-state index in [1.165, 1.54) is 6.07 Å². The first kappa shape index (κ1) is 15.3. The highest BCUT2D eigenvalue weighted by molar-refractivity contribution is 5.79. The van der Waals surface area contributed by atoms with Crippen molar-refractivity contribution < 1.29 is 9.18 Å². The molecule has 1 aliphatic heterocycles. The van der Waals surface area contributed by atoms with Crippen molar-refractivity contribution in [1.29, 1.82) is 0 Å². The highest BCUT2D eigenvalue weighted by Crippen LogP contribution is 2.20. The first-order valence-electron chi connectivity index (χ1n) is 7.75. The van der Waals surface area contributed by atoms with Crippen LogP contribution in [0.3, 0.4) is 0 Å². The molecule has 0 saturated carbocycles. The summed E-state index contributed by atoms with van der Waals surface area (Å²) in [4.78, 5) is 16.2. The zero-order valence-electron chi connectivity index (χ0n) is 12.9. The number of para-hydroxylation sites is 1. The topological polar surface area (TPSA) is 49.6 Å². The fraction of sp³-hybridized carbons (Fsp3) is 0.278. The summed E-state index contributed by atoms with van der Waals surface area (Å²) in [5, 5.41) is 0. The van der Waals surface area contributed by atoms with E-state index in [1.807, 2.05) is 34.1 Å². The van der Waals surface area contributed by atoms with Crippen LogP contribution in [0.15, 0.2) is 48.5 Å². The number of carbonyl (C=O) groups excluding carboxylic acids is 1. The van der Waals surface area contributed by atoms with E-state index in [-0.39, 0.29) is 11.7 Å². The largest absolute Gasteiger partial charge is 0.399 e. The number of anilines is 2. The summed E-state index contributed by atoms with van der Waals surface area (Å²) in [6.45, 7) is 2.50. The van der Waals surface area contributed by atoms with Gasteiger partial charge in [0.2, 0.25) is 5.91 Å². The lowest BCUT2D eigenvalue weighted by Gasteiger charge is -2.36. The van der Waals surface area contributed by atoms with Crippen LogP contribution >= 0.6 is 0 Å². The Morgan fingerprint density at radius 1 is 1.04 bits per heavy atom. The molecule has 2 N–H and O–H groups in total. The molecule has 120 valence electrons. The lowest BCUT2D eigenvalue weighted by Crippen LogP contribution is -2.49. The first-order valence-corrected chi connectivity index (χ1v) is 7.75. The van der Waals surface area contributed by atoms with Crippen molar-refractivity contribution in [3.63, 3.8) is 0 Å². The highest BCUT2D eigenvalue weighted by atomic mass is 19.1. The maximum atomic E-state index is 13.8. The number of hydrogen-bond acceptors (Lipinski definition) is 3. The Bertz CT molecular complexity index is 696. The number of carbonyl (C=O) groups is 1. The number of amides is 1. The molecule has 1 saturated heterocycles. The van der Waals surface area contributed by atoms with Crippen LogP contribution in [0.5, 0.6) is 0 Å². The summed E-state index contributed by atoms with van der Waals surface area (Å²) in [6, 6.07) is 14.2.